The molecule has 146 valence electrons. The molecule has 2 aromatic carbocycles. The second-order valence-corrected chi connectivity index (χ2v) is 7.79. The quantitative estimate of drug-likeness (QED) is 0.687. The minimum absolute atomic E-state index is 0.0511. The highest BCUT2D eigenvalue weighted by Gasteiger charge is 2.17. The minimum atomic E-state index is -0.130. The first-order chi connectivity index (χ1) is 13.7. The summed E-state index contributed by atoms with van der Waals surface area (Å²) in [5, 5.41) is 10.4. The van der Waals surface area contributed by atoms with Crippen molar-refractivity contribution in [3.05, 3.63) is 71.3 Å². The largest absolute Gasteiger partial charge is 0.395 e. The number of aliphatic hydroxyl groups is 1. The Labute approximate surface area is 167 Å². The molecule has 0 aliphatic carbocycles. The summed E-state index contributed by atoms with van der Waals surface area (Å²) in [5.41, 5.74) is 11.1. The van der Waals surface area contributed by atoms with Crippen LogP contribution in [-0.2, 0) is 19.4 Å². The summed E-state index contributed by atoms with van der Waals surface area (Å²) < 4.78 is 0. The van der Waals surface area contributed by atoms with Gasteiger partial charge in [0.15, 0.2) is 0 Å². The maximum Gasteiger partial charge on any atom is 0.129 e. The summed E-state index contributed by atoms with van der Waals surface area (Å²) in [6.07, 6.45) is 5.03. The zero-order valence-corrected chi connectivity index (χ0v) is 16.3. The molecular weight excluding hydrogens is 346 g/mol. The number of nitrogens with two attached hydrogens (primary N) is 1. The summed E-state index contributed by atoms with van der Waals surface area (Å²) >= 11 is 0. The summed E-state index contributed by atoms with van der Waals surface area (Å²) in [6.45, 7) is 1.99. The lowest BCUT2D eigenvalue weighted by molar-refractivity contribution is 0.258. The molecule has 1 aliphatic rings. The molecule has 1 aromatic heterocycles. The first-order valence-corrected chi connectivity index (χ1v) is 10.3. The van der Waals surface area contributed by atoms with E-state index < -0.39 is 0 Å². The standard InChI is InChI=1S/C24H29N3O/c25-21(17-28)11-5-9-19-15-24(26-23-13-4-3-12-22(19)23)27-14-6-10-18-7-1-2-8-20(18)16-27/h1-4,7-8,12-13,15,21,28H,5-6,9-11,14,16-17,25H2/t21-/m0/s1. The first kappa shape index (κ1) is 18.9. The number of aliphatic hydroxyl groups excluding tert-OH is 1. The van der Waals surface area contributed by atoms with Crippen molar-refractivity contribution in [2.75, 3.05) is 18.1 Å². The molecule has 0 radical (unpaired) electrons. The smallest absolute Gasteiger partial charge is 0.129 e. The monoisotopic (exact) mass is 375 g/mol. The third-order valence-electron chi connectivity index (χ3n) is 5.72. The van der Waals surface area contributed by atoms with Crippen LogP contribution in [0.15, 0.2) is 54.6 Å². The highest BCUT2D eigenvalue weighted by atomic mass is 16.3. The second kappa shape index (κ2) is 8.72. The van der Waals surface area contributed by atoms with Crippen molar-refractivity contribution in [2.45, 2.75) is 44.7 Å². The van der Waals surface area contributed by atoms with E-state index in [2.05, 4.69) is 59.5 Å². The SMILES string of the molecule is N[C@H](CO)CCCc1cc(N2CCCc3ccccc3C2)nc2ccccc12. The number of fused-ring (bicyclic) bond motifs is 2. The fourth-order valence-electron chi connectivity index (χ4n) is 4.14. The molecule has 0 saturated heterocycles. The van der Waals surface area contributed by atoms with Gasteiger partial charge in [0, 0.05) is 24.5 Å². The van der Waals surface area contributed by atoms with E-state index >= 15 is 0 Å². The number of anilines is 1. The van der Waals surface area contributed by atoms with Crippen molar-refractivity contribution < 1.29 is 5.11 Å². The molecule has 1 atom stereocenters. The molecule has 0 amide bonds. The molecule has 3 aromatic rings. The van der Waals surface area contributed by atoms with E-state index in [0.717, 1.165) is 56.5 Å². The Balaban J connectivity index is 1.63. The van der Waals surface area contributed by atoms with Gasteiger partial charge in [-0.1, -0.05) is 42.5 Å². The number of para-hydroxylation sites is 1. The van der Waals surface area contributed by atoms with E-state index in [9.17, 15) is 5.11 Å². The van der Waals surface area contributed by atoms with E-state index in [1.165, 1.54) is 22.1 Å². The van der Waals surface area contributed by atoms with E-state index in [4.69, 9.17) is 10.7 Å². The fourth-order valence-corrected chi connectivity index (χ4v) is 4.14. The van der Waals surface area contributed by atoms with Crippen LogP contribution in [0.2, 0.25) is 0 Å². The lowest BCUT2D eigenvalue weighted by Crippen LogP contribution is -2.24. The number of rotatable bonds is 6. The van der Waals surface area contributed by atoms with Gasteiger partial charge in [-0.15, -0.1) is 0 Å². The van der Waals surface area contributed by atoms with Crippen molar-refractivity contribution in [1.82, 2.24) is 4.98 Å². The van der Waals surface area contributed by atoms with Crippen LogP contribution in [-0.4, -0.2) is 29.3 Å². The highest BCUT2D eigenvalue weighted by Crippen LogP contribution is 2.28. The third-order valence-corrected chi connectivity index (χ3v) is 5.72. The molecule has 3 N–H and O–H groups in total. The van der Waals surface area contributed by atoms with Gasteiger partial charge in [0.25, 0.3) is 0 Å². The average molecular weight is 376 g/mol. The number of hydrogen-bond donors (Lipinski definition) is 2. The van der Waals surface area contributed by atoms with Gasteiger partial charge >= 0.3 is 0 Å². The average Bonchev–Trinajstić information content (AvgIpc) is 2.96. The van der Waals surface area contributed by atoms with Gasteiger partial charge in [-0.2, -0.15) is 0 Å². The van der Waals surface area contributed by atoms with E-state index in [1.54, 1.807) is 0 Å². The molecule has 4 nitrogen and oxygen atoms in total. The van der Waals surface area contributed by atoms with Crippen molar-refractivity contribution in [2.24, 2.45) is 5.73 Å². The second-order valence-electron chi connectivity index (χ2n) is 7.79. The molecule has 4 rings (SSSR count). The molecule has 4 heteroatoms. The van der Waals surface area contributed by atoms with Crippen LogP contribution >= 0.6 is 0 Å². The van der Waals surface area contributed by atoms with Crippen LogP contribution in [0.1, 0.15) is 36.0 Å². The maximum atomic E-state index is 9.18. The number of aromatic nitrogens is 1. The maximum absolute atomic E-state index is 9.18. The summed E-state index contributed by atoms with van der Waals surface area (Å²) in [7, 11) is 0. The predicted octanol–water partition coefficient (Wildman–Crippen LogP) is 3.83. The lowest BCUT2D eigenvalue weighted by Gasteiger charge is -2.23. The van der Waals surface area contributed by atoms with Gasteiger partial charge in [0.05, 0.1) is 12.1 Å². The van der Waals surface area contributed by atoms with Crippen molar-refractivity contribution in [3.63, 3.8) is 0 Å². The Morgan fingerprint density at radius 1 is 1.07 bits per heavy atom. The fraction of sp³-hybridized carbons (Fsp3) is 0.375. The van der Waals surface area contributed by atoms with Gasteiger partial charge in [-0.3, -0.25) is 0 Å². The number of hydrogen-bond acceptors (Lipinski definition) is 4. The number of nitrogens with zero attached hydrogens (tertiary/aromatic N) is 2. The molecule has 0 unspecified atom stereocenters. The summed E-state index contributed by atoms with van der Waals surface area (Å²) in [6, 6.07) is 19.3. The van der Waals surface area contributed by atoms with Gasteiger partial charge in [0.2, 0.25) is 0 Å². The van der Waals surface area contributed by atoms with Crippen molar-refractivity contribution >= 4 is 16.7 Å². The van der Waals surface area contributed by atoms with Gasteiger partial charge < -0.3 is 15.7 Å². The molecule has 1 aliphatic heterocycles. The van der Waals surface area contributed by atoms with Crippen molar-refractivity contribution in [3.8, 4) is 0 Å². The van der Waals surface area contributed by atoms with Crippen LogP contribution in [0.5, 0.6) is 0 Å². The Hall–Kier alpha value is -2.43. The molecule has 0 saturated carbocycles. The zero-order chi connectivity index (χ0) is 19.3. The highest BCUT2D eigenvalue weighted by molar-refractivity contribution is 5.84. The van der Waals surface area contributed by atoms with Crippen LogP contribution in [0.25, 0.3) is 10.9 Å². The minimum Gasteiger partial charge on any atom is -0.395 e. The number of aryl methyl sites for hydroxylation is 2. The Morgan fingerprint density at radius 2 is 1.86 bits per heavy atom. The molecule has 0 spiro atoms. The van der Waals surface area contributed by atoms with Crippen LogP contribution in [0.3, 0.4) is 0 Å². The van der Waals surface area contributed by atoms with E-state index in [0.29, 0.717) is 0 Å². The zero-order valence-electron chi connectivity index (χ0n) is 16.3. The van der Waals surface area contributed by atoms with Crippen LogP contribution in [0.4, 0.5) is 5.82 Å². The van der Waals surface area contributed by atoms with Gasteiger partial charge in [-0.25, -0.2) is 4.98 Å². The Bertz CT molecular complexity index is 940. The van der Waals surface area contributed by atoms with Gasteiger partial charge in [0.1, 0.15) is 5.82 Å². The summed E-state index contributed by atoms with van der Waals surface area (Å²) in [5.74, 6) is 1.07. The number of benzene rings is 2. The normalized spacial score (nSPS) is 15.3. The van der Waals surface area contributed by atoms with Gasteiger partial charge in [-0.05, 0) is 60.9 Å². The lowest BCUT2D eigenvalue weighted by atomic mass is 10.0. The molecule has 0 bridgehead atoms. The molecule has 28 heavy (non-hydrogen) atoms. The predicted molar refractivity (Wildman–Crippen MR) is 116 cm³/mol. The van der Waals surface area contributed by atoms with Crippen molar-refractivity contribution in [1.29, 1.82) is 0 Å². The summed E-state index contributed by atoms with van der Waals surface area (Å²) in [4.78, 5) is 7.41. The topological polar surface area (TPSA) is 62.4 Å². The third kappa shape index (κ3) is 4.18. The van der Waals surface area contributed by atoms with Crippen LogP contribution in [0, 0.1) is 0 Å². The Kier molecular flexibility index (Phi) is 5.89. The number of pyridine rings is 1. The molecular formula is C24H29N3O. The molecule has 2 heterocycles. The van der Waals surface area contributed by atoms with Crippen LogP contribution < -0.4 is 10.6 Å². The first-order valence-electron chi connectivity index (χ1n) is 10.3. The van der Waals surface area contributed by atoms with E-state index in [1.807, 2.05) is 0 Å². The Morgan fingerprint density at radius 3 is 2.71 bits per heavy atom. The van der Waals surface area contributed by atoms with E-state index in [-0.39, 0.29) is 12.6 Å². The molecule has 0 fully saturated rings.